The SMILES string of the molecule is O=c1ncn(Cc2cccc(C(F)(F)F)c2)c2nc(N3CCOCC3)sc12. The van der Waals surface area contributed by atoms with Crippen LogP contribution in [0.25, 0.3) is 10.3 Å². The Morgan fingerprint density at radius 1 is 1.22 bits per heavy atom. The molecule has 1 fully saturated rings. The second-order valence-corrected chi connectivity index (χ2v) is 7.10. The summed E-state index contributed by atoms with van der Waals surface area (Å²) >= 11 is 1.25. The zero-order chi connectivity index (χ0) is 19.0. The van der Waals surface area contributed by atoms with E-state index in [1.165, 1.54) is 23.7 Å². The van der Waals surface area contributed by atoms with E-state index in [0.717, 1.165) is 12.1 Å². The predicted molar refractivity (Wildman–Crippen MR) is 95.3 cm³/mol. The molecule has 2 aromatic heterocycles. The maximum absolute atomic E-state index is 12.9. The van der Waals surface area contributed by atoms with E-state index in [9.17, 15) is 18.0 Å². The summed E-state index contributed by atoms with van der Waals surface area (Å²) in [7, 11) is 0. The van der Waals surface area contributed by atoms with Gasteiger partial charge in [0, 0.05) is 13.1 Å². The van der Waals surface area contributed by atoms with Crippen LogP contribution in [0.15, 0.2) is 35.4 Å². The van der Waals surface area contributed by atoms with Crippen molar-refractivity contribution in [3.63, 3.8) is 0 Å². The molecule has 10 heteroatoms. The van der Waals surface area contributed by atoms with Gasteiger partial charge in [0.2, 0.25) is 0 Å². The summed E-state index contributed by atoms with van der Waals surface area (Å²) in [4.78, 5) is 22.5. The smallest absolute Gasteiger partial charge is 0.378 e. The summed E-state index contributed by atoms with van der Waals surface area (Å²) < 4.78 is 46.1. The molecule has 0 spiro atoms. The highest BCUT2D eigenvalue weighted by Crippen LogP contribution is 2.30. The Balaban J connectivity index is 1.71. The number of hydrogen-bond acceptors (Lipinski definition) is 6. The van der Waals surface area contributed by atoms with Gasteiger partial charge in [-0.25, -0.2) is 4.98 Å². The Morgan fingerprint density at radius 3 is 2.74 bits per heavy atom. The van der Waals surface area contributed by atoms with E-state index < -0.39 is 11.7 Å². The van der Waals surface area contributed by atoms with Gasteiger partial charge < -0.3 is 14.2 Å². The lowest BCUT2D eigenvalue weighted by Crippen LogP contribution is -2.36. The summed E-state index contributed by atoms with van der Waals surface area (Å²) in [6, 6.07) is 5.10. The fraction of sp³-hybridized carbons (Fsp3) is 0.353. The van der Waals surface area contributed by atoms with Gasteiger partial charge >= 0.3 is 6.18 Å². The van der Waals surface area contributed by atoms with Crippen molar-refractivity contribution < 1.29 is 17.9 Å². The molecular weight excluding hydrogens is 381 g/mol. The largest absolute Gasteiger partial charge is 0.416 e. The van der Waals surface area contributed by atoms with Crippen LogP contribution >= 0.6 is 11.3 Å². The van der Waals surface area contributed by atoms with Crippen LogP contribution in [-0.2, 0) is 17.5 Å². The number of morpholine rings is 1. The fourth-order valence-electron chi connectivity index (χ4n) is 2.92. The molecule has 3 heterocycles. The first-order valence-electron chi connectivity index (χ1n) is 8.26. The molecule has 0 saturated carbocycles. The van der Waals surface area contributed by atoms with Crippen LogP contribution in [0, 0.1) is 0 Å². The number of benzene rings is 1. The van der Waals surface area contributed by atoms with Crippen LogP contribution < -0.4 is 10.5 Å². The minimum atomic E-state index is -4.41. The van der Waals surface area contributed by atoms with Gasteiger partial charge in [-0.15, -0.1) is 0 Å². The number of ether oxygens (including phenoxy) is 1. The third kappa shape index (κ3) is 3.67. The lowest BCUT2D eigenvalue weighted by molar-refractivity contribution is -0.137. The van der Waals surface area contributed by atoms with E-state index in [0.29, 0.717) is 47.3 Å². The van der Waals surface area contributed by atoms with E-state index in [4.69, 9.17) is 4.74 Å². The molecule has 0 bridgehead atoms. The molecule has 0 radical (unpaired) electrons. The van der Waals surface area contributed by atoms with Crippen molar-refractivity contribution in [2.24, 2.45) is 0 Å². The van der Waals surface area contributed by atoms with Crippen molar-refractivity contribution in [3.05, 3.63) is 52.1 Å². The van der Waals surface area contributed by atoms with Crippen LogP contribution in [0.4, 0.5) is 18.3 Å². The summed E-state index contributed by atoms with van der Waals surface area (Å²) in [5.41, 5.74) is -0.212. The van der Waals surface area contributed by atoms with Crippen LogP contribution in [-0.4, -0.2) is 40.8 Å². The first-order chi connectivity index (χ1) is 12.9. The molecule has 27 heavy (non-hydrogen) atoms. The quantitative estimate of drug-likeness (QED) is 0.681. The van der Waals surface area contributed by atoms with Crippen LogP contribution in [0.3, 0.4) is 0 Å². The van der Waals surface area contributed by atoms with Gasteiger partial charge in [-0.3, -0.25) is 4.79 Å². The molecule has 0 aliphatic carbocycles. The maximum atomic E-state index is 12.9. The highest BCUT2D eigenvalue weighted by atomic mass is 32.1. The fourth-order valence-corrected chi connectivity index (χ4v) is 3.94. The molecule has 1 aromatic carbocycles. The van der Waals surface area contributed by atoms with Crippen molar-refractivity contribution in [3.8, 4) is 0 Å². The Labute approximate surface area is 155 Å². The number of fused-ring (bicyclic) bond motifs is 1. The maximum Gasteiger partial charge on any atom is 0.416 e. The van der Waals surface area contributed by atoms with Gasteiger partial charge in [0.25, 0.3) is 5.56 Å². The Morgan fingerprint density at radius 2 is 2.00 bits per heavy atom. The van der Waals surface area contributed by atoms with Gasteiger partial charge in [-0.1, -0.05) is 23.5 Å². The standard InChI is InChI=1S/C17H15F3N4O2S/c18-17(19,20)12-3-1-2-11(8-12)9-24-10-21-15(25)13-14(24)22-16(27-13)23-4-6-26-7-5-23/h1-3,8,10H,4-7,9H2. The minimum absolute atomic E-state index is 0.139. The third-order valence-electron chi connectivity index (χ3n) is 4.27. The van der Waals surface area contributed by atoms with Crippen molar-refractivity contribution in [2.45, 2.75) is 12.7 Å². The number of aromatic nitrogens is 3. The number of rotatable bonds is 3. The van der Waals surface area contributed by atoms with Crippen molar-refractivity contribution in [2.75, 3.05) is 31.2 Å². The predicted octanol–water partition coefficient (Wildman–Crippen LogP) is 2.76. The molecule has 0 N–H and O–H groups in total. The summed E-state index contributed by atoms with van der Waals surface area (Å²) in [5.74, 6) is 0. The number of thiazole rings is 1. The Kier molecular flexibility index (Phi) is 4.60. The number of halogens is 3. The molecule has 6 nitrogen and oxygen atoms in total. The minimum Gasteiger partial charge on any atom is -0.378 e. The number of hydrogen-bond donors (Lipinski definition) is 0. The summed E-state index contributed by atoms with van der Waals surface area (Å²) in [6.45, 7) is 2.66. The molecule has 0 amide bonds. The third-order valence-corrected chi connectivity index (χ3v) is 5.36. The molecule has 0 unspecified atom stereocenters. The molecule has 1 saturated heterocycles. The number of nitrogens with zero attached hydrogens (tertiary/aromatic N) is 4. The molecule has 1 aliphatic heterocycles. The van der Waals surface area contributed by atoms with E-state index in [1.807, 2.05) is 4.90 Å². The lowest BCUT2D eigenvalue weighted by Gasteiger charge is -2.25. The Hall–Kier alpha value is -2.46. The first-order valence-corrected chi connectivity index (χ1v) is 9.08. The van der Waals surface area contributed by atoms with Crippen molar-refractivity contribution >= 4 is 26.8 Å². The van der Waals surface area contributed by atoms with E-state index in [-0.39, 0.29) is 12.1 Å². The van der Waals surface area contributed by atoms with Gasteiger partial charge in [-0.2, -0.15) is 18.2 Å². The molecular formula is C17H15F3N4O2S. The van der Waals surface area contributed by atoms with Gasteiger partial charge in [-0.05, 0) is 17.7 Å². The average molecular weight is 396 g/mol. The van der Waals surface area contributed by atoms with Gasteiger partial charge in [0.15, 0.2) is 10.8 Å². The van der Waals surface area contributed by atoms with Crippen LogP contribution in [0.2, 0.25) is 0 Å². The van der Waals surface area contributed by atoms with Crippen molar-refractivity contribution in [1.82, 2.24) is 14.5 Å². The number of anilines is 1. The average Bonchev–Trinajstić information content (AvgIpc) is 3.11. The van der Waals surface area contributed by atoms with E-state index >= 15 is 0 Å². The van der Waals surface area contributed by atoms with Crippen molar-refractivity contribution in [1.29, 1.82) is 0 Å². The molecule has 0 atom stereocenters. The zero-order valence-electron chi connectivity index (χ0n) is 14.1. The second kappa shape index (κ2) is 6.93. The van der Waals surface area contributed by atoms with Crippen LogP contribution in [0.1, 0.15) is 11.1 Å². The number of alkyl halides is 3. The monoisotopic (exact) mass is 396 g/mol. The molecule has 4 rings (SSSR count). The lowest BCUT2D eigenvalue weighted by atomic mass is 10.1. The second-order valence-electron chi connectivity index (χ2n) is 6.12. The molecule has 3 aromatic rings. The first kappa shape index (κ1) is 17.9. The van der Waals surface area contributed by atoms with Gasteiger partial charge in [0.1, 0.15) is 11.0 Å². The Bertz CT molecular complexity index is 1020. The summed E-state index contributed by atoms with van der Waals surface area (Å²) in [5, 5.41) is 0.691. The topological polar surface area (TPSA) is 60.2 Å². The highest BCUT2D eigenvalue weighted by molar-refractivity contribution is 7.22. The van der Waals surface area contributed by atoms with E-state index in [1.54, 1.807) is 10.6 Å². The molecule has 1 aliphatic rings. The normalized spacial score (nSPS) is 15.4. The van der Waals surface area contributed by atoms with E-state index in [2.05, 4.69) is 9.97 Å². The summed E-state index contributed by atoms with van der Waals surface area (Å²) in [6.07, 6.45) is -3.08. The van der Waals surface area contributed by atoms with Crippen LogP contribution in [0.5, 0.6) is 0 Å². The zero-order valence-corrected chi connectivity index (χ0v) is 14.9. The molecule has 142 valence electrons. The van der Waals surface area contributed by atoms with Gasteiger partial charge in [0.05, 0.1) is 25.3 Å². The highest BCUT2D eigenvalue weighted by Gasteiger charge is 2.30.